The Morgan fingerprint density at radius 1 is 0.971 bits per heavy atom. The van der Waals surface area contributed by atoms with Crippen LogP contribution in [0.4, 0.5) is 5.69 Å². The molecule has 0 saturated heterocycles. The van der Waals surface area contributed by atoms with Crippen LogP contribution in [0.25, 0.3) is 11.4 Å². The number of amides is 1. The molecule has 1 atom stereocenters. The Morgan fingerprint density at radius 2 is 1.74 bits per heavy atom. The second kappa shape index (κ2) is 8.95. The van der Waals surface area contributed by atoms with E-state index in [9.17, 15) is 4.79 Å². The SMILES string of the molecule is O=C(CSc1nnc(-c2ccncc2)n1C1CC1)N1c2ccccc2OCC1c1ccccc1. The lowest BCUT2D eigenvalue weighted by molar-refractivity contribution is -0.117. The molecular formula is C26H23N5O2S. The molecule has 34 heavy (non-hydrogen) atoms. The van der Waals surface area contributed by atoms with Gasteiger partial charge in [-0.1, -0.05) is 54.2 Å². The molecule has 1 aliphatic carbocycles. The number of carbonyl (C=O) groups excluding carboxylic acids is 1. The Labute approximate surface area is 201 Å². The van der Waals surface area contributed by atoms with Crippen LogP contribution in [0.3, 0.4) is 0 Å². The number of hydrogen-bond donors (Lipinski definition) is 0. The highest BCUT2D eigenvalue weighted by molar-refractivity contribution is 7.99. The summed E-state index contributed by atoms with van der Waals surface area (Å²) in [6, 6.07) is 21.9. The zero-order chi connectivity index (χ0) is 22.9. The summed E-state index contributed by atoms with van der Waals surface area (Å²) >= 11 is 1.45. The number of fused-ring (bicyclic) bond motifs is 1. The molecule has 2 aromatic carbocycles. The summed E-state index contributed by atoms with van der Waals surface area (Å²) in [6.07, 6.45) is 5.73. The Bertz CT molecular complexity index is 1310. The molecule has 1 saturated carbocycles. The van der Waals surface area contributed by atoms with E-state index >= 15 is 0 Å². The van der Waals surface area contributed by atoms with Crippen LogP contribution in [0.2, 0.25) is 0 Å². The molecule has 7 nitrogen and oxygen atoms in total. The van der Waals surface area contributed by atoms with Gasteiger partial charge in [0.1, 0.15) is 12.4 Å². The Hall–Kier alpha value is -3.65. The minimum absolute atomic E-state index is 0.0189. The molecule has 0 N–H and O–H groups in total. The van der Waals surface area contributed by atoms with Gasteiger partial charge in [0.25, 0.3) is 0 Å². The standard InChI is InChI=1S/C26H23N5O2S/c32-24(17-34-26-29-28-25(30(26)20-10-11-20)19-12-14-27-15-13-19)31-21-8-4-5-9-23(21)33-16-22(31)18-6-2-1-3-7-18/h1-9,12-15,20,22H,10-11,16-17H2. The molecule has 3 heterocycles. The monoisotopic (exact) mass is 469 g/mol. The van der Waals surface area contributed by atoms with Gasteiger partial charge >= 0.3 is 0 Å². The zero-order valence-corrected chi connectivity index (χ0v) is 19.3. The summed E-state index contributed by atoms with van der Waals surface area (Å²) in [6.45, 7) is 0.419. The molecule has 0 bridgehead atoms. The molecule has 2 aliphatic rings. The van der Waals surface area contributed by atoms with Crippen LogP contribution in [0.5, 0.6) is 5.75 Å². The summed E-state index contributed by atoms with van der Waals surface area (Å²) in [5, 5.41) is 9.69. The summed E-state index contributed by atoms with van der Waals surface area (Å²) in [4.78, 5) is 19.7. The van der Waals surface area contributed by atoms with Gasteiger partial charge < -0.3 is 4.74 Å². The molecular weight excluding hydrogens is 446 g/mol. The van der Waals surface area contributed by atoms with Gasteiger partial charge in [0.05, 0.1) is 17.5 Å². The van der Waals surface area contributed by atoms with Gasteiger partial charge in [0.15, 0.2) is 11.0 Å². The van der Waals surface area contributed by atoms with Crippen molar-refractivity contribution >= 4 is 23.4 Å². The van der Waals surface area contributed by atoms with Crippen LogP contribution in [0, 0.1) is 0 Å². The molecule has 1 unspecified atom stereocenters. The molecule has 0 spiro atoms. The third-order valence-electron chi connectivity index (χ3n) is 6.13. The highest BCUT2D eigenvalue weighted by Gasteiger charge is 2.34. The molecule has 1 amide bonds. The third kappa shape index (κ3) is 3.94. The minimum atomic E-state index is -0.183. The van der Waals surface area contributed by atoms with Gasteiger partial charge in [-0.05, 0) is 42.7 Å². The first-order chi connectivity index (χ1) is 16.8. The molecule has 2 aromatic heterocycles. The summed E-state index contributed by atoms with van der Waals surface area (Å²) in [5.41, 5.74) is 2.84. The Balaban J connectivity index is 1.28. The normalized spacial score (nSPS) is 17.2. The predicted molar refractivity (Wildman–Crippen MR) is 131 cm³/mol. The van der Waals surface area contributed by atoms with Crippen molar-refractivity contribution in [2.24, 2.45) is 0 Å². The maximum Gasteiger partial charge on any atom is 0.238 e. The second-order valence-corrected chi connectivity index (χ2v) is 9.34. The Morgan fingerprint density at radius 3 is 2.53 bits per heavy atom. The van der Waals surface area contributed by atoms with E-state index in [1.54, 1.807) is 12.4 Å². The number of pyridine rings is 1. The van der Waals surface area contributed by atoms with Crippen LogP contribution >= 0.6 is 11.8 Å². The first-order valence-electron chi connectivity index (χ1n) is 11.4. The van der Waals surface area contributed by atoms with E-state index < -0.39 is 0 Å². The van der Waals surface area contributed by atoms with Crippen LogP contribution in [0.1, 0.15) is 30.5 Å². The van der Waals surface area contributed by atoms with Crippen LogP contribution < -0.4 is 9.64 Å². The first-order valence-corrected chi connectivity index (χ1v) is 12.3. The number of nitrogens with zero attached hydrogens (tertiary/aromatic N) is 5. The van der Waals surface area contributed by atoms with Gasteiger partial charge in [0, 0.05) is 24.0 Å². The largest absolute Gasteiger partial charge is 0.489 e. The third-order valence-corrected chi connectivity index (χ3v) is 7.05. The van der Waals surface area contributed by atoms with Crippen molar-refractivity contribution in [3.63, 3.8) is 0 Å². The fraction of sp³-hybridized carbons (Fsp3) is 0.231. The second-order valence-electron chi connectivity index (χ2n) is 8.40. The van der Waals surface area contributed by atoms with Crippen molar-refractivity contribution in [1.29, 1.82) is 0 Å². The number of anilines is 1. The fourth-order valence-electron chi connectivity index (χ4n) is 4.35. The van der Waals surface area contributed by atoms with Crippen molar-refractivity contribution in [1.82, 2.24) is 19.7 Å². The van der Waals surface area contributed by atoms with E-state index in [0.717, 1.165) is 46.4 Å². The lowest BCUT2D eigenvalue weighted by Crippen LogP contribution is -2.42. The number of ether oxygens (including phenoxy) is 1. The molecule has 4 aromatic rings. The van der Waals surface area contributed by atoms with Crippen molar-refractivity contribution in [3.05, 3.63) is 84.7 Å². The van der Waals surface area contributed by atoms with Gasteiger partial charge in [0.2, 0.25) is 5.91 Å². The number of benzene rings is 2. The summed E-state index contributed by atoms with van der Waals surface area (Å²) in [5.74, 6) is 1.84. The van der Waals surface area contributed by atoms with Gasteiger partial charge in [-0.25, -0.2) is 0 Å². The fourth-order valence-corrected chi connectivity index (χ4v) is 5.21. The van der Waals surface area contributed by atoms with Gasteiger partial charge in [-0.3, -0.25) is 19.2 Å². The van der Waals surface area contributed by atoms with E-state index in [-0.39, 0.29) is 17.7 Å². The van der Waals surface area contributed by atoms with E-state index in [2.05, 4.69) is 19.7 Å². The molecule has 1 fully saturated rings. The number of para-hydroxylation sites is 2. The van der Waals surface area contributed by atoms with Gasteiger partial charge in [-0.15, -0.1) is 10.2 Å². The number of rotatable bonds is 6. The lowest BCUT2D eigenvalue weighted by Gasteiger charge is -2.37. The van der Waals surface area contributed by atoms with E-state index in [0.29, 0.717) is 12.6 Å². The highest BCUT2D eigenvalue weighted by Crippen LogP contribution is 2.42. The molecule has 170 valence electrons. The van der Waals surface area contributed by atoms with Gasteiger partial charge in [-0.2, -0.15) is 0 Å². The van der Waals surface area contributed by atoms with E-state index in [4.69, 9.17) is 4.74 Å². The average molecular weight is 470 g/mol. The maximum absolute atomic E-state index is 13.7. The molecule has 1 aliphatic heterocycles. The van der Waals surface area contributed by atoms with E-state index in [1.807, 2.05) is 71.6 Å². The smallest absolute Gasteiger partial charge is 0.238 e. The summed E-state index contributed by atoms with van der Waals surface area (Å²) < 4.78 is 8.19. The molecule has 6 rings (SSSR count). The van der Waals surface area contributed by atoms with Crippen molar-refractivity contribution in [2.75, 3.05) is 17.3 Å². The van der Waals surface area contributed by atoms with Crippen molar-refractivity contribution in [3.8, 4) is 17.1 Å². The first kappa shape index (κ1) is 20.9. The quantitative estimate of drug-likeness (QED) is 0.373. The lowest BCUT2D eigenvalue weighted by atomic mass is 10.0. The number of aromatic nitrogens is 4. The van der Waals surface area contributed by atoms with E-state index in [1.165, 1.54) is 11.8 Å². The van der Waals surface area contributed by atoms with Crippen LogP contribution in [-0.4, -0.2) is 38.0 Å². The molecule has 0 radical (unpaired) electrons. The van der Waals surface area contributed by atoms with Crippen molar-refractivity contribution in [2.45, 2.75) is 30.1 Å². The topological polar surface area (TPSA) is 73.1 Å². The molecule has 8 heteroatoms. The summed E-state index contributed by atoms with van der Waals surface area (Å²) in [7, 11) is 0. The highest BCUT2D eigenvalue weighted by atomic mass is 32.2. The van der Waals surface area contributed by atoms with Crippen molar-refractivity contribution < 1.29 is 9.53 Å². The number of thioether (sulfide) groups is 1. The zero-order valence-electron chi connectivity index (χ0n) is 18.4. The van der Waals surface area contributed by atoms with Crippen LogP contribution in [0.15, 0.2) is 84.3 Å². The number of carbonyl (C=O) groups is 1. The Kier molecular flexibility index (Phi) is 5.50. The maximum atomic E-state index is 13.7. The predicted octanol–water partition coefficient (Wildman–Crippen LogP) is 4.93. The number of hydrogen-bond acceptors (Lipinski definition) is 6. The average Bonchev–Trinajstić information content (AvgIpc) is 3.66. The van der Waals surface area contributed by atoms with Crippen LogP contribution in [-0.2, 0) is 4.79 Å². The minimum Gasteiger partial charge on any atom is -0.489 e.